The second kappa shape index (κ2) is 5.37. The number of amides is 1. The molecule has 0 fully saturated rings. The van der Waals surface area contributed by atoms with E-state index in [4.69, 9.17) is 9.47 Å². The Bertz CT molecular complexity index is 562. The molecule has 0 radical (unpaired) electrons. The number of hydrogen-bond acceptors (Lipinski definition) is 4. The number of hydrogen-bond donors (Lipinski definition) is 0. The summed E-state index contributed by atoms with van der Waals surface area (Å²) in [6, 6.07) is 7.63. The SMILES string of the molecule is COCOc1cccc2sc(C(=O)N(C)C)cc12. The van der Waals surface area contributed by atoms with Gasteiger partial charge >= 0.3 is 0 Å². The van der Waals surface area contributed by atoms with Crippen LogP contribution in [0.2, 0.25) is 0 Å². The van der Waals surface area contributed by atoms with Crippen molar-refractivity contribution >= 4 is 27.3 Å². The summed E-state index contributed by atoms with van der Waals surface area (Å²) < 4.78 is 11.4. The molecule has 0 spiro atoms. The number of benzene rings is 1. The molecule has 2 rings (SSSR count). The Balaban J connectivity index is 2.41. The largest absolute Gasteiger partial charge is 0.467 e. The minimum atomic E-state index is 0.00823. The number of rotatable bonds is 4. The van der Waals surface area contributed by atoms with E-state index in [0.717, 1.165) is 15.8 Å². The van der Waals surface area contributed by atoms with Crippen LogP contribution in [0.25, 0.3) is 10.1 Å². The summed E-state index contributed by atoms with van der Waals surface area (Å²) >= 11 is 1.47. The van der Waals surface area contributed by atoms with E-state index in [1.54, 1.807) is 26.1 Å². The highest BCUT2D eigenvalue weighted by molar-refractivity contribution is 7.20. The van der Waals surface area contributed by atoms with Crippen molar-refractivity contribution in [1.82, 2.24) is 4.90 Å². The molecule has 0 unspecified atom stereocenters. The first-order valence-electron chi connectivity index (χ1n) is 5.49. The average molecular weight is 265 g/mol. The van der Waals surface area contributed by atoms with Crippen molar-refractivity contribution in [3.8, 4) is 5.75 Å². The molecule has 0 saturated carbocycles. The summed E-state index contributed by atoms with van der Waals surface area (Å²) in [6.07, 6.45) is 0. The first kappa shape index (κ1) is 12.9. The van der Waals surface area contributed by atoms with Gasteiger partial charge < -0.3 is 14.4 Å². The first-order chi connectivity index (χ1) is 8.63. The topological polar surface area (TPSA) is 38.8 Å². The van der Waals surface area contributed by atoms with E-state index < -0.39 is 0 Å². The molecule has 1 aromatic heterocycles. The van der Waals surface area contributed by atoms with Crippen LogP contribution in [0, 0.1) is 0 Å². The van der Waals surface area contributed by atoms with E-state index >= 15 is 0 Å². The molecular formula is C13H15NO3S. The van der Waals surface area contributed by atoms with Gasteiger partial charge in [-0.05, 0) is 18.2 Å². The van der Waals surface area contributed by atoms with Gasteiger partial charge in [0.15, 0.2) is 6.79 Å². The monoisotopic (exact) mass is 265 g/mol. The third-order valence-electron chi connectivity index (χ3n) is 2.47. The van der Waals surface area contributed by atoms with Crippen LogP contribution in [0.15, 0.2) is 24.3 Å². The highest BCUT2D eigenvalue weighted by Gasteiger charge is 2.14. The Labute approximate surface area is 110 Å². The van der Waals surface area contributed by atoms with Crippen LogP contribution >= 0.6 is 11.3 Å². The molecule has 0 aliphatic rings. The number of carbonyl (C=O) groups excluding carboxylic acids is 1. The molecular weight excluding hydrogens is 250 g/mol. The maximum Gasteiger partial charge on any atom is 0.263 e. The smallest absolute Gasteiger partial charge is 0.263 e. The average Bonchev–Trinajstić information content (AvgIpc) is 2.79. The highest BCUT2D eigenvalue weighted by atomic mass is 32.1. The van der Waals surface area contributed by atoms with Crippen LogP contribution in [0.1, 0.15) is 9.67 Å². The third-order valence-corrected chi connectivity index (χ3v) is 3.56. The van der Waals surface area contributed by atoms with Gasteiger partial charge in [0.25, 0.3) is 5.91 Å². The van der Waals surface area contributed by atoms with Gasteiger partial charge in [-0.2, -0.15) is 0 Å². The molecule has 1 heterocycles. The molecule has 0 bridgehead atoms. The Morgan fingerprint density at radius 3 is 2.83 bits per heavy atom. The van der Waals surface area contributed by atoms with Gasteiger partial charge in [0.2, 0.25) is 0 Å². The van der Waals surface area contributed by atoms with Gasteiger partial charge in [0.1, 0.15) is 5.75 Å². The summed E-state index contributed by atoms with van der Waals surface area (Å²) in [5.74, 6) is 0.747. The van der Waals surface area contributed by atoms with Gasteiger partial charge in [0.05, 0.1) is 4.88 Å². The minimum Gasteiger partial charge on any atom is -0.467 e. The predicted molar refractivity (Wildman–Crippen MR) is 72.3 cm³/mol. The minimum absolute atomic E-state index is 0.00823. The van der Waals surface area contributed by atoms with E-state index in [9.17, 15) is 4.79 Å². The van der Waals surface area contributed by atoms with Gasteiger partial charge in [0, 0.05) is 31.3 Å². The van der Waals surface area contributed by atoms with Crippen molar-refractivity contribution in [2.75, 3.05) is 28.0 Å². The number of fused-ring (bicyclic) bond motifs is 1. The normalized spacial score (nSPS) is 10.6. The van der Waals surface area contributed by atoms with Crippen LogP contribution in [0.4, 0.5) is 0 Å². The van der Waals surface area contributed by atoms with E-state index in [-0.39, 0.29) is 12.7 Å². The van der Waals surface area contributed by atoms with Crippen molar-refractivity contribution in [3.05, 3.63) is 29.1 Å². The third kappa shape index (κ3) is 2.47. The Kier molecular flexibility index (Phi) is 3.84. The maximum atomic E-state index is 11.9. The van der Waals surface area contributed by atoms with E-state index in [1.807, 2.05) is 24.3 Å². The standard InChI is InChI=1S/C13H15NO3S/c1-14(2)13(15)12-7-9-10(17-8-16-3)5-4-6-11(9)18-12/h4-7H,8H2,1-3H3. The van der Waals surface area contributed by atoms with Crippen LogP contribution in [0.5, 0.6) is 5.75 Å². The predicted octanol–water partition coefficient (Wildman–Crippen LogP) is 2.59. The zero-order chi connectivity index (χ0) is 13.1. The van der Waals surface area contributed by atoms with Crippen LogP contribution in [-0.2, 0) is 4.74 Å². The summed E-state index contributed by atoms with van der Waals surface area (Å²) in [5, 5.41) is 0.949. The van der Waals surface area contributed by atoms with Crippen LogP contribution in [-0.4, -0.2) is 38.8 Å². The second-order valence-corrected chi connectivity index (χ2v) is 5.11. The quantitative estimate of drug-likeness (QED) is 0.798. The molecule has 0 N–H and O–H groups in total. The van der Waals surface area contributed by atoms with E-state index in [0.29, 0.717) is 4.88 Å². The van der Waals surface area contributed by atoms with Crippen molar-refractivity contribution < 1.29 is 14.3 Å². The molecule has 1 amide bonds. The van der Waals surface area contributed by atoms with E-state index in [2.05, 4.69) is 0 Å². The summed E-state index contributed by atoms with van der Waals surface area (Å²) in [4.78, 5) is 14.2. The summed E-state index contributed by atoms with van der Waals surface area (Å²) in [7, 11) is 5.07. The van der Waals surface area contributed by atoms with Crippen LogP contribution < -0.4 is 4.74 Å². The lowest BCUT2D eigenvalue weighted by molar-refractivity contribution is 0.0522. The zero-order valence-corrected chi connectivity index (χ0v) is 11.4. The van der Waals surface area contributed by atoms with Crippen molar-refractivity contribution in [2.24, 2.45) is 0 Å². The van der Waals surface area contributed by atoms with Gasteiger partial charge in [-0.25, -0.2) is 0 Å². The lowest BCUT2D eigenvalue weighted by atomic mass is 10.2. The molecule has 5 heteroatoms. The summed E-state index contributed by atoms with van der Waals surface area (Å²) in [5.41, 5.74) is 0. The number of nitrogens with zero attached hydrogens (tertiary/aromatic N) is 1. The molecule has 0 atom stereocenters. The number of ether oxygens (including phenoxy) is 2. The maximum absolute atomic E-state index is 11.9. The first-order valence-corrected chi connectivity index (χ1v) is 6.31. The molecule has 96 valence electrons. The number of methoxy groups -OCH3 is 1. The molecule has 2 aromatic rings. The van der Waals surface area contributed by atoms with Gasteiger partial charge in [-0.3, -0.25) is 4.79 Å². The van der Waals surface area contributed by atoms with Crippen molar-refractivity contribution in [3.63, 3.8) is 0 Å². The molecule has 18 heavy (non-hydrogen) atoms. The zero-order valence-electron chi connectivity index (χ0n) is 10.6. The number of carbonyl (C=O) groups is 1. The lowest BCUT2D eigenvalue weighted by Crippen LogP contribution is -2.20. The fraction of sp³-hybridized carbons (Fsp3) is 0.308. The number of thiophene rings is 1. The fourth-order valence-electron chi connectivity index (χ4n) is 1.61. The van der Waals surface area contributed by atoms with Crippen molar-refractivity contribution in [1.29, 1.82) is 0 Å². The molecule has 4 nitrogen and oxygen atoms in total. The van der Waals surface area contributed by atoms with Crippen LogP contribution in [0.3, 0.4) is 0 Å². The highest BCUT2D eigenvalue weighted by Crippen LogP contribution is 2.33. The van der Waals surface area contributed by atoms with Gasteiger partial charge in [-0.1, -0.05) is 6.07 Å². The Hall–Kier alpha value is -1.59. The second-order valence-electron chi connectivity index (χ2n) is 4.03. The molecule has 0 aliphatic carbocycles. The fourth-order valence-corrected chi connectivity index (χ4v) is 2.71. The molecule has 0 saturated heterocycles. The van der Waals surface area contributed by atoms with E-state index in [1.165, 1.54) is 11.3 Å². The van der Waals surface area contributed by atoms with Gasteiger partial charge in [-0.15, -0.1) is 11.3 Å². The van der Waals surface area contributed by atoms with Crippen molar-refractivity contribution in [2.45, 2.75) is 0 Å². The Morgan fingerprint density at radius 1 is 1.39 bits per heavy atom. The lowest BCUT2D eigenvalue weighted by Gasteiger charge is -2.07. The molecule has 1 aromatic carbocycles. The molecule has 0 aliphatic heterocycles. The Morgan fingerprint density at radius 2 is 2.17 bits per heavy atom. The summed E-state index contributed by atoms with van der Waals surface area (Å²) in [6.45, 7) is 0.200.